The van der Waals surface area contributed by atoms with Gasteiger partial charge in [0.1, 0.15) is 5.82 Å². The highest BCUT2D eigenvalue weighted by Crippen LogP contribution is 2.23. The van der Waals surface area contributed by atoms with Crippen LogP contribution < -0.4 is 10.2 Å². The van der Waals surface area contributed by atoms with Crippen LogP contribution in [0.3, 0.4) is 0 Å². The van der Waals surface area contributed by atoms with Crippen molar-refractivity contribution in [2.75, 3.05) is 25.1 Å². The Bertz CT molecular complexity index is 560. The van der Waals surface area contributed by atoms with Crippen LogP contribution in [-0.2, 0) is 13.1 Å². The maximum absolute atomic E-state index is 13.5. The molecule has 0 saturated heterocycles. The molecule has 2 aromatic rings. The fourth-order valence-corrected chi connectivity index (χ4v) is 2.40. The highest BCUT2D eigenvalue weighted by Gasteiger charge is 2.12. The van der Waals surface area contributed by atoms with Gasteiger partial charge in [-0.15, -0.1) is 0 Å². The third-order valence-electron chi connectivity index (χ3n) is 3.34. The second-order valence-electron chi connectivity index (χ2n) is 4.93. The molecule has 0 spiro atoms. The van der Waals surface area contributed by atoms with E-state index in [2.05, 4.69) is 10.2 Å². The summed E-state index contributed by atoms with van der Waals surface area (Å²) in [5, 5.41) is 12.4. The summed E-state index contributed by atoms with van der Waals surface area (Å²) in [6, 6.07) is 14.8. The molecule has 0 fully saturated rings. The highest BCUT2D eigenvalue weighted by molar-refractivity contribution is 5.54. The second kappa shape index (κ2) is 7.76. The van der Waals surface area contributed by atoms with Crippen LogP contribution in [-0.4, -0.2) is 25.3 Å². The van der Waals surface area contributed by atoms with Crippen LogP contribution in [0.1, 0.15) is 11.1 Å². The molecule has 2 rings (SSSR count). The van der Waals surface area contributed by atoms with E-state index in [0.29, 0.717) is 19.6 Å². The van der Waals surface area contributed by atoms with Gasteiger partial charge in [0.05, 0.1) is 6.61 Å². The normalized spacial score (nSPS) is 10.6. The Labute approximate surface area is 125 Å². The molecule has 0 unspecified atom stereocenters. The Balaban J connectivity index is 2.29. The molecule has 0 aliphatic heterocycles. The molecule has 0 atom stereocenters. The zero-order chi connectivity index (χ0) is 15.1. The van der Waals surface area contributed by atoms with Crippen molar-refractivity contribution in [2.24, 2.45) is 0 Å². The standard InChI is InChI=1S/C17H21FN2O/c1-19-12-15-11-16(18)7-8-17(15)20(9-10-21)13-14-5-3-2-4-6-14/h2-8,11,19,21H,9-10,12-13H2,1H3. The number of rotatable bonds is 7. The van der Waals surface area contributed by atoms with Gasteiger partial charge in [-0.1, -0.05) is 30.3 Å². The number of nitrogens with one attached hydrogen (secondary N) is 1. The van der Waals surface area contributed by atoms with Gasteiger partial charge >= 0.3 is 0 Å². The van der Waals surface area contributed by atoms with Crippen LogP contribution >= 0.6 is 0 Å². The predicted molar refractivity (Wildman–Crippen MR) is 83.7 cm³/mol. The lowest BCUT2D eigenvalue weighted by atomic mass is 10.1. The molecular formula is C17H21FN2O. The summed E-state index contributed by atoms with van der Waals surface area (Å²) in [7, 11) is 1.84. The zero-order valence-electron chi connectivity index (χ0n) is 12.2. The van der Waals surface area contributed by atoms with Crippen molar-refractivity contribution in [3.05, 3.63) is 65.5 Å². The topological polar surface area (TPSA) is 35.5 Å². The fraction of sp³-hybridized carbons (Fsp3) is 0.294. The Morgan fingerprint density at radius 1 is 1.14 bits per heavy atom. The molecule has 2 aromatic carbocycles. The minimum Gasteiger partial charge on any atom is -0.395 e. The Morgan fingerprint density at radius 2 is 1.90 bits per heavy atom. The van der Waals surface area contributed by atoms with Crippen LogP contribution in [0.5, 0.6) is 0 Å². The Hall–Kier alpha value is -1.91. The van der Waals surface area contributed by atoms with Crippen molar-refractivity contribution >= 4 is 5.69 Å². The largest absolute Gasteiger partial charge is 0.395 e. The summed E-state index contributed by atoms with van der Waals surface area (Å²) in [6.45, 7) is 1.84. The van der Waals surface area contributed by atoms with Crippen LogP contribution in [0.25, 0.3) is 0 Å². The Morgan fingerprint density at radius 3 is 2.57 bits per heavy atom. The minimum absolute atomic E-state index is 0.0587. The van der Waals surface area contributed by atoms with Crippen LogP contribution in [0, 0.1) is 5.82 Å². The number of hydrogen-bond acceptors (Lipinski definition) is 3. The highest BCUT2D eigenvalue weighted by atomic mass is 19.1. The third kappa shape index (κ3) is 4.28. The van der Waals surface area contributed by atoms with E-state index in [9.17, 15) is 9.50 Å². The van der Waals surface area contributed by atoms with Gasteiger partial charge in [0.15, 0.2) is 0 Å². The molecule has 4 heteroatoms. The van der Waals surface area contributed by atoms with Gasteiger partial charge in [-0.25, -0.2) is 4.39 Å². The lowest BCUT2D eigenvalue weighted by Gasteiger charge is -2.26. The maximum Gasteiger partial charge on any atom is 0.123 e. The molecule has 0 aliphatic carbocycles. The molecule has 0 heterocycles. The lowest BCUT2D eigenvalue weighted by molar-refractivity contribution is 0.301. The monoisotopic (exact) mass is 288 g/mol. The first-order valence-corrected chi connectivity index (χ1v) is 7.07. The summed E-state index contributed by atoms with van der Waals surface area (Å²) in [4.78, 5) is 2.07. The number of benzene rings is 2. The molecule has 0 aliphatic rings. The number of hydrogen-bond donors (Lipinski definition) is 2. The maximum atomic E-state index is 13.5. The van der Waals surface area contributed by atoms with Gasteiger partial charge in [-0.05, 0) is 36.4 Å². The average Bonchev–Trinajstić information content (AvgIpc) is 2.49. The van der Waals surface area contributed by atoms with E-state index in [4.69, 9.17) is 0 Å². The van der Waals surface area contributed by atoms with Crippen LogP contribution in [0.2, 0.25) is 0 Å². The van der Waals surface area contributed by atoms with Crippen LogP contribution in [0.15, 0.2) is 48.5 Å². The van der Waals surface area contributed by atoms with E-state index >= 15 is 0 Å². The number of nitrogens with zero attached hydrogens (tertiary/aromatic N) is 1. The summed E-state index contributed by atoms with van der Waals surface area (Å²) in [5.74, 6) is -0.243. The van der Waals surface area contributed by atoms with Gasteiger partial charge in [0, 0.05) is 25.3 Å². The smallest absolute Gasteiger partial charge is 0.123 e. The first-order chi connectivity index (χ1) is 10.2. The summed E-state index contributed by atoms with van der Waals surface area (Å²) >= 11 is 0. The van der Waals surface area contributed by atoms with E-state index in [1.807, 2.05) is 37.4 Å². The molecule has 0 amide bonds. The molecule has 0 bridgehead atoms. The minimum atomic E-state index is -0.243. The molecular weight excluding hydrogens is 267 g/mol. The van der Waals surface area contributed by atoms with E-state index in [1.54, 1.807) is 12.1 Å². The van der Waals surface area contributed by atoms with E-state index in [-0.39, 0.29) is 12.4 Å². The van der Waals surface area contributed by atoms with Gasteiger partial charge in [0.25, 0.3) is 0 Å². The van der Waals surface area contributed by atoms with Gasteiger partial charge in [-0.3, -0.25) is 0 Å². The van der Waals surface area contributed by atoms with Gasteiger partial charge < -0.3 is 15.3 Å². The van der Waals surface area contributed by atoms with Crippen molar-refractivity contribution < 1.29 is 9.50 Å². The van der Waals surface area contributed by atoms with Crippen molar-refractivity contribution in [1.82, 2.24) is 5.32 Å². The molecule has 0 radical (unpaired) electrons. The van der Waals surface area contributed by atoms with Crippen LogP contribution in [0.4, 0.5) is 10.1 Å². The van der Waals surface area contributed by atoms with E-state index in [1.165, 1.54) is 6.07 Å². The molecule has 112 valence electrons. The quantitative estimate of drug-likeness (QED) is 0.822. The second-order valence-corrected chi connectivity index (χ2v) is 4.93. The van der Waals surface area contributed by atoms with Crippen molar-refractivity contribution in [2.45, 2.75) is 13.1 Å². The fourth-order valence-electron chi connectivity index (χ4n) is 2.40. The number of anilines is 1. The number of aliphatic hydroxyl groups excluding tert-OH is 1. The van der Waals surface area contributed by atoms with Gasteiger partial charge in [-0.2, -0.15) is 0 Å². The van der Waals surface area contributed by atoms with Crippen molar-refractivity contribution in [1.29, 1.82) is 0 Å². The number of aliphatic hydroxyl groups is 1. The van der Waals surface area contributed by atoms with Gasteiger partial charge in [0.2, 0.25) is 0 Å². The molecule has 2 N–H and O–H groups in total. The van der Waals surface area contributed by atoms with E-state index in [0.717, 1.165) is 16.8 Å². The predicted octanol–water partition coefficient (Wildman–Crippen LogP) is 2.54. The van der Waals surface area contributed by atoms with Crippen molar-refractivity contribution in [3.63, 3.8) is 0 Å². The average molecular weight is 288 g/mol. The summed E-state index contributed by atoms with van der Waals surface area (Å²) < 4.78 is 13.5. The van der Waals surface area contributed by atoms with E-state index < -0.39 is 0 Å². The first-order valence-electron chi connectivity index (χ1n) is 7.07. The first kappa shape index (κ1) is 15.5. The summed E-state index contributed by atoms with van der Waals surface area (Å²) in [6.07, 6.45) is 0. The molecule has 3 nitrogen and oxygen atoms in total. The van der Waals surface area contributed by atoms with Crippen molar-refractivity contribution in [3.8, 4) is 0 Å². The lowest BCUT2D eigenvalue weighted by Crippen LogP contribution is -2.27. The molecule has 21 heavy (non-hydrogen) atoms. The number of halogens is 1. The molecule has 0 aromatic heterocycles. The SMILES string of the molecule is CNCc1cc(F)ccc1N(CCO)Cc1ccccc1. The third-order valence-corrected chi connectivity index (χ3v) is 3.34. The summed E-state index contributed by atoms with van der Waals surface area (Å²) in [5.41, 5.74) is 3.00. The molecule has 0 saturated carbocycles. The Kier molecular flexibility index (Phi) is 5.72. The zero-order valence-corrected chi connectivity index (χ0v) is 12.2.